The Morgan fingerprint density at radius 2 is 1.88 bits per heavy atom. The highest BCUT2D eigenvalue weighted by Crippen LogP contribution is 2.17. The predicted octanol–water partition coefficient (Wildman–Crippen LogP) is 2.21. The van der Waals surface area contributed by atoms with Gasteiger partial charge in [0.05, 0.1) is 0 Å². The lowest BCUT2D eigenvalue weighted by Gasteiger charge is -2.28. The second-order valence-electron chi connectivity index (χ2n) is 7.44. The molecule has 3 N–H and O–H groups in total. The van der Waals surface area contributed by atoms with Crippen LogP contribution in [0.3, 0.4) is 0 Å². The molecule has 6 nitrogen and oxygen atoms in total. The third-order valence-corrected chi connectivity index (χ3v) is 3.90. The number of aryl methyl sites for hydroxylation is 1. The van der Waals surface area contributed by atoms with Gasteiger partial charge in [-0.3, -0.25) is 4.79 Å². The van der Waals surface area contributed by atoms with Gasteiger partial charge in [0.25, 0.3) is 5.91 Å². The van der Waals surface area contributed by atoms with Gasteiger partial charge in [-0.2, -0.15) is 0 Å². The highest BCUT2D eigenvalue weighted by Gasteiger charge is 2.19. The van der Waals surface area contributed by atoms with E-state index in [1.807, 2.05) is 17.9 Å². The normalized spacial score (nSPS) is 15.1. The van der Waals surface area contributed by atoms with E-state index in [2.05, 4.69) is 36.7 Å². The molecule has 6 heteroatoms. The Morgan fingerprint density at radius 3 is 2.46 bits per heavy atom. The number of amides is 3. The summed E-state index contributed by atoms with van der Waals surface area (Å²) in [5.74, 6) is 0.0535. The van der Waals surface area contributed by atoms with Crippen molar-refractivity contribution in [2.24, 2.45) is 5.41 Å². The van der Waals surface area contributed by atoms with Gasteiger partial charge in [-0.05, 0) is 36.1 Å². The fourth-order valence-corrected chi connectivity index (χ4v) is 2.54. The fraction of sp³-hybridized carbons (Fsp3) is 0.556. The molecule has 1 aliphatic heterocycles. The molecule has 0 aliphatic carbocycles. The van der Waals surface area contributed by atoms with Crippen LogP contribution < -0.4 is 16.0 Å². The molecule has 1 fully saturated rings. The summed E-state index contributed by atoms with van der Waals surface area (Å²) in [6.07, 6.45) is 0. The number of benzene rings is 1. The molecular weight excluding hydrogens is 304 g/mol. The number of urea groups is 1. The standard InChI is InChI=1S/C18H28N4O2/c1-13-11-14(21-17(24)20-12-18(2,3)4)5-6-15(13)16(23)22-9-7-19-8-10-22/h5-6,11,19H,7-10,12H2,1-4H3,(H2,20,21,24). The Hall–Kier alpha value is -2.08. The third-order valence-electron chi connectivity index (χ3n) is 3.90. The molecule has 1 aromatic carbocycles. The molecule has 2 rings (SSSR count). The van der Waals surface area contributed by atoms with E-state index in [9.17, 15) is 9.59 Å². The number of hydrogen-bond acceptors (Lipinski definition) is 3. The van der Waals surface area contributed by atoms with Crippen LogP contribution in [-0.4, -0.2) is 49.6 Å². The van der Waals surface area contributed by atoms with Crippen LogP contribution in [0.1, 0.15) is 36.7 Å². The first-order chi connectivity index (χ1) is 11.3. The Labute approximate surface area is 144 Å². The largest absolute Gasteiger partial charge is 0.337 e. The van der Waals surface area contributed by atoms with Crippen molar-refractivity contribution in [3.8, 4) is 0 Å². The third kappa shape index (κ3) is 5.23. The summed E-state index contributed by atoms with van der Waals surface area (Å²) in [6, 6.07) is 5.18. The summed E-state index contributed by atoms with van der Waals surface area (Å²) in [5.41, 5.74) is 2.28. The second kappa shape index (κ2) is 7.66. The minimum absolute atomic E-state index is 0.0346. The van der Waals surface area contributed by atoms with Gasteiger partial charge >= 0.3 is 6.03 Å². The molecule has 3 amide bonds. The maximum absolute atomic E-state index is 12.6. The van der Waals surface area contributed by atoms with Crippen molar-refractivity contribution in [1.82, 2.24) is 15.5 Å². The molecule has 24 heavy (non-hydrogen) atoms. The first-order valence-corrected chi connectivity index (χ1v) is 8.42. The SMILES string of the molecule is Cc1cc(NC(=O)NCC(C)(C)C)ccc1C(=O)N1CCNCC1. The minimum Gasteiger partial charge on any atom is -0.337 e. The van der Waals surface area contributed by atoms with Crippen molar-refractivity contribution in [2.75, 3.05) is 38.0 Å². The lowest BCUT2D eigenvalue weighted by Crippen LogP contribution is -2.46. The smallest absolute Gasteiger partial charge is 0.319 e. The van der Waals surface area contributed by atoms with E-state index in [1.165, 1.54) is 0 Å². The molecular formula is C18H28N4O2. The van der Waals surface area contributed by atoms with Crippen LogP contribution >= 0.6 is 0 Å². The van der Waals surface area contributed by atoms with E-state index in [1.54, 1.807) is 12.1 Å². The highest BCUT2D eigenvalue weighted by molar-refractivity contribution is 5.97. The molecule has 1 saturated heterocycles. The first kappa shape index (κ1) is 18.3. The van der Waals surface area contributed by atoms with Crippen LogP contribution in [0.2, 0.25) is 0 Å². The van der Waals surface area contributed by atoms with Gasteiger partial charge in [0.1, 0.15) is 0 Å². The summed E-state index contributed by atoms with van der Waals surface area (Å²) in [5, 5.41) is 8.90. The lowest BCUT2D eigenvalue weighted by molar-refractivity contribution is 0.0735. The number of carbonyl (C=O) groups is 2. The van der Waals surface area contributed by atoms with E-state index in [4.69, 9.17) is 0 Å². The van der Waals surface area contributed by atoms with Crippen molar-refractivity contribution in [2.45, 2.75) is 27.7 Å². The average molecular weight is 332 g/mol. The molecule has 0 saturated carbocycles. The minimum atomic E-state index is -0.231. The van der Waals surface area contributed by atoms with Crippen LogP contribution in [0, 0.1) is 12.3 Å². The summed E-state index contributed by atoms with van der Waals surface area (Å²) >= 11 is 0. The van der Waals surface area contributed by atoms with E-state index in [0.717, 1.165) is 31.7 Å². The van der Waals surface area contributed by atoms with Crippen molar-refractivity contribution in [3.63, 3.8) is 0 Å². The molecule has 132 valence electrons. The number of piperazine rings is 1. The van der Waals surface area contributed by atoms with Crippen LogP contribution in [0.5, 0.6) is 0 Å². The number of nitrogens with one attached hydrogen (secondary N) is 3. The predicted molar refractivity (Wildman–Crippen MR) is 96.4 cm³/mol. The van der Waals surface area contributed by atoms with Gasteiger partial charge in [0.2, 0.25) is 0 Å². The van der Waals surface area contributed by atoms with Crippen molar-refractivity contribution in [3.05, 3.63) is 29.3 Å². The number of hydrogen-bond donors (Lipinski definition) is 3. The Bertz CT molecular complexity index is 602. The van der Waals surface area contributed by atoms with Crippen LogP contribution in [0.15, 0.2) is 18.2 Å². The van der Waals surface area contributed by atoms with Gasteiger partial charge in [-0.1, -0.05) is 20.8 Å². The molecule has 0 radical (unpaired) electrons. The Balaban J connectivity index is 1.98. The monoisotopic (exact) mass is 332 g/mol. The van der Waals surface area contributed by atoms with Crippen LogP contribution in [0.25, 0.3) is 0 Å². The van der Waals surface area contributed by atoms with E-state index in [0.29, 0.717) is 17.8 Å². The summed E-state index contributed by atoms with van der Waals surface area (Å²) < 4.78 is 0. The quantitative estimate of drug-likeness (QED) is 0.794. The summed E-state index contributed by atoms with van der Waals surface area (Å²) in [4.78, 5) is 26.4. The zero-order valence-electron chi connectivity index (χ0n) is 15.0. The van der Waals surface area contributed by atoms with Crippen molar-refractivity contribution < 1.29 is 9.59 Å². The topological polar surface area (TPSA) is 73.5 Å². The number of nitrogens with zero attached hydrogens (tertiary/aromatic N) is 1. The molecule has 0 aromatic heterocycles. The molecule has 0 spiro atoms. The Kier molecular flexibility index (Phi) is 5.83. The number of anilines is 1. The van der Waals surface area contributed by atoms with E-state index < -0.39 is 0 Å². The van der Waals surface area contributed by atoms with Crippen LogP contribution in [0.4, 0.5) is 10.5 Å². The van der Waals surface area contributed by atoms with Gasteiger partial charge < -0.3 is 20.9 Å². The molecule has 1 aromatic rings. The van der Waals surface area contributed by atoms with Crippen LogP contribution in [-0.2, 0) is 0 Å². The Morgan fingerprint density at radius 1 is 1.21 bits per heavy atom. The lowest BCUT2D eigenvalue weighted by atomic mass is 9.97. The van der Waals surface area contributed by atoms with Gasteiger partial charge in [-0.15, -0.1) is 0 Å². The fourth-order valence-electron chi connectivity index (χ4n) is 2.54. The second-order valence-corrected chi connectivity index (χ2v) is 7.44. The maximum atomic E-state index is 12.6. The zero-order valence-corrected chi connectivity index (χ0v) is 15.0. The van der Waals surface area contributed by atoms with Crippen molar-refractivity contribution in [1.29, 1.82) is 0 Å². The molecule has 0 atom stereocenters. The van der Waals surface area contributed by atoms with E-state index >= 15 is 0 Å². The summed E-state index contributed by atoms with van der Waals surface area (Å²) in [7, 11) is 0. The zero-order chi connectivity index (χ0) is 17.7. The molecule has 1 heterocycles. The highest BCUT2D eigenvalue weighted by atomic mass is 16.2. The number of carbonyl (C=O) groups excluding carboxylic acids is 2. The van der Waals surface area contributed by atoms with Crippen molar-refractivity contribution >= 4 is 17.6 Å². The van der Waals surface area contributed by atoms with Gasteiger partial charge in [0.15, 0.2) is 0 Å². The molecule has 1 aliphatic rings. The average Bonchev–Trinajstić information content (AvgIpc) is 2.53. The van der Waals surface area contributed by atoms with Gasteiger partial charge in [-0.25, -0.2) is 4.79 Å². The number of rotatable bonds is 3. The first-order valence-electron chi connectivity index (χ1n) is 8.42. The van der Waals surface area contributed by atoms with E-state index in [-0.39, 0.29) is 17.4 Å². The molecule has 0 bridgehead atoms. The molecule has 0 unspecified atom stereocenters. The van der Waals surface area contributed by atoms with Gasteiger partial charge in [0, 0.05) is 44.0 Å². The maximum Gasteiger partial charge on any atom is 0.319 e. The summed E-state index contributed by atoms with van der Waals surface area (Å²) in [6.45, 7) is 11.8.